The fourth-order valence-corrected chi connectivity index (χ4v) is 1.97. The summed E-state index contributed by atoms with van der Waals surface area (Å²) in [5.41, 5.74) is 0. The molecule has 0 aliphatic heterocycles. The van der Waals surface area contributed by atoms with Crippen molar-refractivity contribution >= 4 is 0 Å². The summed E-state index contributed by atoms with van der Waals surface area (Å²) in [7, 11) is 0. The average Bonchev–Trinajstić information content (AvgIpc) is 2.35. The molecule has 0 aliphatic carbocycles. The predicted molar refractivity (Wildman–Crippen MR) is 76.5 cm³/mol. The Morgan fingerprint density at radius 1 is 1.06 bits per heavy atom. The molecule has 104 valence electrons. The highest BCUT2D eigenvalue weighted by atomic mass is 16.5. The normalized spacial score (nSPS) is 14.8. The number of rotatable bonds is 12. The maximum Gasteiger partial charge on any atom is 0.0547 e. The molecule has 0 spiro atoms. The molecule has 0 aromatic heterocycles. The molecule has 0 aromatic carbocycles. The molecular formula is C15H33NO. The average molecular weight is 243 g/mol. The summed E-state index contributed by atoms with van der Waals surface area (Å²) >= 11 is 0. The van der Waals surface area contributed by atoms with Crippen LogP contribution in [0.1, 0.15) is 66.2 Å². The van der Waals surface area contributed by atoms with E-state index in [4.69, 9.17) is 4.74 Å². The van der Waals surface area contributed by atoms with Gasteiger partial charge in [0.25, 0.3) is 0 Å². The van der Waals surface area contributed by atoms with Crippen LogP contribution in [-0.4, -0.2) is 25.8 Å². The van der Waals surface area contributed by atoms with Crippen LogP contribution in [0.2, 0.25) is 0 Å². The number of ether oxygens (including phenoxy) is 1. The Kier molecular flexibility index (Phi) is 12.3. The first kappa shape index (κ1) is 16.9. The third-order valence-corrected chi connectivity index (χ3v) is 3.37. The number of hydrogen-bond donors (Lipinski definition) is 1. The van der Waals surface area contributed by atoms with Gasteiger partial charge in [0.2, 0.25) is 0 Å². The van der Waals surface area contributed by atoms with Crippen LogP contribution in [0.3, 0.4) is 0 Å². The highest BCUT2D eigenvalue weighted by Gasteiger charge is 2.08. The van der Waals surface area contributed by atoms with Crippen molar-refractivity contribution < 1.29 is 4.74 Å². The second kappa shape index (κ2) is 12.4. The van der Waals surface area contributed by atoms with Crippen molar-refractivity contribution in [3.8, 4) is 0 Å². The van der Waals surface area contributed by atoms with Gasteiger partial charge in [-0.05, 0) is 45.2 Å². The summed E-state index contributed by atoms with van der Waals surface area (Å²) in [6.45, 7) is 12.1. The molecule has 0 amide bonds. The summed E-state index contributed by atoms with van der Waals surface area (Å²) in [4.78, 5) is 0. The van der Waals surface area contributed by atoms with E-state index in [1.54, 1.807) is 0 Å². The fourth-order valence-electron chi connectivity index (χ4n) is 1.97. The van der Waals surface area contributed by atoms with E-state index in [9.17, 15) is 0 Å². The minimum Gasteiger partial charge on any atom is -0.378 e. The van der Waals surface area contributed by atoms with Gasteiger partial charge in [-0.2, -0.15) is 0 Å². The van der Waals surface area contributed by atoms with E-state index in [2.05, 4.69) is 33.0 Å². The lowest BCUT2D eigenvalue weighted by Gasteiger charge is -2.19. The van der Waals surface area contributed by atoms with E-state index >= 15 is 0 Å². The molecule has 17 heavy (non-hydrogen) atoms. The Morgan fingerprint density at radius 3 is 2.41 bits per heavy atom. The maximum absolute atomic E-state index is 5.94. The minimum atomic E-state index is 0.421. The summed E-state index contributed by atoms with van der Waals surface area (Å²) in [5, 5.41) is 3.35. The largest absolute Gasteiger partial charge is 0.378 e. The molecule has 0 heterocycles. The number of nitrogens with one attached hydrogen (secondary N) is 1. The van der Waals surface area contributed by atoms with Gasteiger partial charge in [0.15, 0.2) is 0 Å². The molecule has 0 aromatic rings. The van der Waals surface area contributed by atoms with Crippen molar-refractivity contribution in [2.45, 2.75) is 72.3 Å². The van der Waals surface area contributed by atoms with Crippen LogP contribution in [0.4, 0.5) is 0 Å². The lowest BCUT2D eigenvalue weighted by atomic mass is 10.0. The molecule has 0 bridgehead atoms. The SMILES string of the molecule is CCCCC(CC)COC(C)CCCNCC. The molecule has 2 unspecified atom stereocenters. The Labute approximate surface area is 109 Å². The van der Waals surface area contributed by atoms with E-state index in [0.717, 1.165) is 25.6 Å². The molecule has 2 nitrogen and oxygen atoms in total. The molecule has 0 saturated heterocycles. The van der Waals surface area contributed by atoms with Crippen molar-refractivity contribution in [2.75, 3.05) is 19.7 Å². The first-order chi connectivity index (χ1) is 8.24. The second-order valence-electron chi connectivity index (χ2n) is 5.06. The lowest BCUT2D eigenvalue weighted by Crippen LogP contribution is -2.19. The van der Waals surface area contributed by atoms with Crippen molar-refractivity contribution in [2.24, 2.45) is 5.92 Å². The summed E-state index contributed by atoms with van der Waals surface area (Å²) in [5.74, 6) is 0.770. The van der Waals surface area contributed by atoms with Gasteiger partial charge in [0.1, 0.15) is 0 Å². The van der Waals surface area contributed by atoms with Crippen LogP contribution in [0.5, 0.6) is 0 Å². The van der Waals surface area contributed by atoms with Gasteiger partial charge in [0, 0.05) is 6.61 Å². The Balaban J connectivity index is 3.48. The fraction of sp³-hybridized carbons (Fsp3) is 1.00. The molecule has 0 radical (unpaired) electrons. The minimum absolute atomic E-state index is 0.421. The van der Waals surface area contributed by atoms with Crippen LogP contribution in [-0.2, 0) is 4.74 Å². The molecule has 0 saturated carbocycles. The molecule has 2 heteroatoms. The first-order valence-corrected chi connectivity index (χ1v) is 7.56. The molecule has 0 rings (SSSR count). The van der Waals surface area contributed by atoms with Gasteiger partial charge < -0.3 is 10.1 Å². The zero-order chi connectivity index (χ0) is 12.9. The van der Waals surface area contributed by atoms with Crippen LogP contribution in [0.25, 0.3) is 0 Å². The van der Waals surface area contributed by atoms with Crippen molar-refractivity contribution in [1.29, 1.82) is 0 Å². The molecule has 1 N–H and O–H groups in total. The van der Waals surface area contributed by atoms with E-state index < -0.39 is 0 Å². The third kappa shape index (κ3) is 10.8. The van der Waals surface area contributed by atoms with Crippen LogP contribution in [0.15, 0.2) is 0 Å². The van der Waals surface area contributed by atoms with Crippen molar-refractivity contribution in [1.82, 2.24) is 5.32 Å². The zero-order valence-electron chi connectivity index (χ0n) is 12.4. The smallest absolute Gasteiger partial charge is 0.0547 e. The molecule has 2 atom stereocenters. The van der Waals surface area contributed by atoms with Gasteiger partial charge in [-0.3, -0.25) is 0 Å². The highest BCUT2D eigenvalue weighted by Crippen LogP contribution is 2.14. The monoisotopic (exact) mass is 243 g/mol. The summed E-state index contributed by atoms with van der Waals surface area (Å²) in [6, 6.07) is 0. The van der Waals surface area contributed by atoms with Crippen LogP contribution in [0, 0.1) is 5.92 Å². The predicted octanol–water partition coefficient (Wildman–Crippen LogP) is 4.00. The van der Waals surface area contributed by atoms with Gasteiger partial charge in [-0.25, -0.2) is 0 Å². The van der Waals surface area contributed by atoms with Gasteiger partial charge >= 0.3 is 0 Å². The quantitative estimate of drug-likeness (QED) is 0.523. The summed E-state index contributed by atoms with van der Waals surface area (Å²) in [6.07, 6.45) is 8.05. The van der Waals surface area contributed by atoms with E-state index in [-0.39, 0.29) is 0 Å². The van der Waals surface area contributed by atoms with Crippen molar-refractivity contribution in [3.63, 3.8) is 0 Å². The van der Waals surface area contributed by atoms with Crippen LogP contribution >= 0.6 is 0 Å². The molecule has 0 aliphatic rings. The molecule has 0 fully saturated rings. The zero-order valence-corrected chi connectivity index (χ0v) is 12.4. The summed E-state index contributed by atoms with van der Waals surface area (Å²) < 4.78 is 5.94. The maximum atomic E-state index is 5.94. The van der Waals surface area contributed by atoms with E-state index in [0.29, 0.717) is 6.10 Å². The number of unbranched alkanes of at least 4 members (excludes halogenated alkanes) is 1. The third-order valence-electron chi connectivity index (χ3n) is 3.37. The Morgan fingerprint density at radius 2 is 1.82 bits per heavy atom. The number of hydrogen-bond acceptors (Lipinski definition) is 2. The molecular weight excluding hydrogens is 210 g/mol. The highest BCUT2D eigenvalue weighted by molar-refractivity contribution is 4.59. The second-order valence-corrected chi connectivity index (χ2v) is 5.06. The van der Waals surface area contributed by atoms with Crippen LogP contribution < -0.4 is 5.32 Å². The van der Waals surface area contributed by atoms with Gasteiger partial charge in [0.05, 0.1) is 6.10 Å². The lowest BCUT2D eigenvalue weighted by molar-refractivity contribution is 0.0310. The van der Waals surface area contributed by atoms with E-state index in [1.165, 1.54) is 38.5 Å². The van der Waals surface area contributed by atoms with Gasteiger partial charge in [-0.1, -0.05) is 40.0 Å². The van der Waals surface area contributed by atoms with Gasteiger partial charge in [-0.15, -0.1) is 0 Å². The van der Waals surface area contributed by atoms with Crippen molar-refractivity contribution in [3.05, 3.63) is 0 Å². The topological polar surface area (TPSA) is 21.3 Å². The first-order valence-electron chi connectivity index (χ1n) is 7.56. The van der Waals surface area contributed by atoms with E-state index in [1.807, 2.05) is 0 Å². The standard InChI is InChI=1S/C15H33NO/c1-5-8-11-15(6-2)13-17-14(4)10-9-12-16-7-3/h14-16H,5-13H2,1-4H3. The Hall–Kier alpha value is -0.0800. The Bertz CT molecular complexity index is 150.